The third-order valence-electron chi connectivity index (χ3n) is 4.52. The fourth-order valence-electron chi connectivity index (χ4n) is 3.35. The van der Waals surface area contributed by atoms with E-state index in [-0.39, 0.29) is 28.6 Å². The molecule has 1 amide bonds. The fourth-order valence-corrected chi connectivity index (χ4v) is 3.35. The maximum atomic E-state index is 14.1. The molecule has 0 aliphatic carbocycles. The van der Waals surface area contributed by atoms with Gasteiger partial charge in [-0.05, 0) is 51.4 Å². The lowest BCUT2D eigenvalue weighted by Gasteiger charge is -2.22. The van der Waals surface area contributed by atoms with E-state index in [9.17, 15) is 22.4 Å². The van der Waals surface area contributed by atoms with Gasteiger partial charge in [0.05, 0.1) is 16.8 Å². The van der Waals surface area contributed by atoms with Crippen LogP contribution in [0.4, 0.5) is 34.6 Å². The van der Waals surface area contributed by atoms with Crippen molar-refractivity contribution in [3.05, 3.63) is 59.5 Å². The smallest absolute Gasteiger partial charge is 0.381 e. The molecule has 0 radical (unpaired) electrons. The highest BCUT2D eigenvalue weighted by Crippen LogP contribution is 2.38. The van der Waals surface area contributed by atoms with E-state index in [1.807, 2.05) is 19.0 Å². The highest BCUT2D eigenvalue weighted by atomic mass is 19.4. The van der Waals surface area contributed by atoms with Crippen LogP contribution in [0.5, 0.6) is 0 Å². The Morgan fingerprint density at radius 2 is 1.93 bits per heavy atom. The number of benzene rings is 2. The molecule has 1 aliphatic heterocycles. The average Bonchev–Trinajstić information content (AvgIpc) is 2.95. The minimum Gasteiger partial charge on any atom is -0.381 e. The minimum atomic E-state index is -4.57. The lowest BCUT2D eigenvalue weighted by Crippen LogP contribution is -2.30. The van der Waals surface area contributed by atoms with Crippen molar-refractivity contribution in [2.45, 2.75) is 19.1 Å². The first-order valence-corrected chi connectivity index (χ1v) is 9.25. The summed E-state index contributed by atoms with van der Waals surface area (Å²) >= 11 is 0. The molecule has 1 heterocycles. The number of nitrogens with one attached hydrogen (secondary N) is 3. The molecule has 0 saturated carbocycles. The molecule has 9 heteroatoms. The Kier molecular flexibility index (Phi) is 6.02. The lowest BCUT2D eigenvalue weighted by atomic mass is 10.1. The zero-order valence-electron chi connectivity index (χ0n) is 16.7. The van der Waals surface area contributed by atoms with Crippen molar-refractivity contribution in [3.63, 3.8) is 0 Å². The van der Waals surface area contributed by atoms with Crippen LogP contribution in [0.3, 0.4) is 0 Å². The summed E-state index contributed by atoms with van der Waals surface area (Å²) < 4.78 is 54.9. The summed E-state index contributed by atoms with van der Waals surface area (Å²) in [7, 11) is 3.67. The normalized spacial score (nSPS) is 15.9. The van der Waals surface area contributed by atoms with Crippen LogP contribution < -0.4 is 16.0 Å². The van der Waals surface area contributed by atoms with E-state index >= 15 is 0 Å². The first kappa shape index (κ1) is 21.6. The molecule has 30 heavy (non-hydrogen) atoms. The monoisotopic (exact) mass is 422 g/mol. The summed E-state index contributed by atoms with van der Waals surface area (Å²) in [5.41, 5.74) is -0.332. The number of nitrogens with zero attached hydrogens (tertiary/aromatic N) is 1. The van der Waals surface area contributed by atoms with E-state index < -0.39 is 23.5 Å². The van der Waals surface area contributed by atoms with Crippen molar-refractivity contribution in [2.75, 3.05) is 36.6 Å². The summed E-state index contributed by atoms with van der Waals surface area (Å²) in [5.74, 6) is -1.13. The van der Waals surface area contributed by atoms with Gasteiger partial charge in [-0.25, -0.2) is 4.39 Å². The number of alkyl halides is 3. The second kappa shape index (κ2) is 8.35. The van der Waals surface area contributed by atoms with Gasteiger partial charge in [0.25, 0.3) is 5.91 Å². The van der Waals surface area contributed by atoms with Crippen LogP contribution in [0.2, 0.25) is 0 Å². The molecule has 0 spiro atoms. The van der Waals surface area contributed by atoms with Crippen LogP contribution in [-0.4, -0.2) is 37.5 Å². The van der Waals surface area contributed by atoms with Gasteiger partial charge in [0.2, 0.25) is 0 Å². The maximum absolute atomic E-state index is 14.1. The molecular weight excluding hydrogens is 400 g/mol. The van der Waals surface area contributed by atoms with Crippen molar-refractivity contribution in [1.29, 1.82) is 0 Å². The third kappa shape index (κ3) is 4.73. The van der Waals surface area contributed by atoms with Gasteiger partial charge in [0.1, 0.15) is 5.82 Å². The van der Waals surface area contributed by atoms with Gasteiger partial charge in [-0.1, -0.05) is 6.07 Å². The lowest BCUT2D eigenvalue weighted by molar-refractivity contribution is -0.136. The first-order valence-electron chi connectivity index (χ1n) is 9.25. The Bertz CT molecular complexity index is 985. The van der Waals surface area contributed by atoms with E-state index in [0.29, 0.717) is 12.2 Å². The molecule has 1 atom stereocenters. The topological polar surface area (TPSA) is 56.4 Å². The third-order valence-corrected chi connectivity index (χ3v) is 4.52. The van der Waals surface area contributed by atoms with Crippen LogP contribution in [-0.2, 0) is 11.0 Å². The largest absolute Gasteiger partial charge is 0.418 e. The van der Waals surface area contributed by atoms with Crippen molar-refractivity contribution in [3.8, 4) is 0 Å². The number of carbonyl (C=O) groups excluding carboxylic acids is 1. The Morgan fingerprint density at radius 1 is 1.20 bits per heavy atom. The van der Waals surface area contributed by atoms with Gasteiger partial charge in [0.15, 0.2) is 0 Å². The van der Waals surface area contributed by atoms with Gasteiger partial charge in [-0.15, -0.1) is 0 Å². The molecule has 160 valence electrons. The number of likely N-dealkylation sites (N-methyl/N-ethyl adjacent to an activating group) is 1. The van der Waals surface area contributed by atoms with E-state index in [4.69, 9.17) is 0 Å². The van der Waals surface area contributed by atoms with E-state index in [2.05, 4.69) is 16.0 Å². The van der Waals surface area contributed by atoms with Gasteiger partial charge in [0, 0.05) is 35.7 Å². The molecule has 0 bridgehead atoms. The molecule has 2 aromatic rings. The molecule has 1 unspecified atom stereocenters. The number of anilines is 3. The standard InChI is InChI=1S/C21H22F4N4O/c1-12(11-29(2)3)27-17-8-7-13(9-15(17)21(23,24)25)26-10-14-19-16(22)5-4-6-18(19)28-20(14)30/h4-10,12,26-27H,11H2,1-3H3,(H,28,30)/b14-10+. The Hall–Kier alpha value is -3.07. The zero-order chi connectivity index (χ0) is 22.1. The molecule has 3 rings (SSSR count). The van der Waals surface area contributed by atoms with E-state index in [0.717, 1.165) is 6.07 Å². The summed E-state index contributed by atoms with van der Waals surface area (Å²) in [6.07, 6.45) is -3.37. The predicted molar refractivity (Wildman–Crippen MR) is 110 cm³/mol. The molecule has 5 nitrogen and oxygen atoms in total. The van der Waals surface area contributed by atoms with Gasteiger partial charge < -0.3 is 20.9 Å². The number of fused-ring (bicyclic) bond motifs is 1. The van der Waals surface area contributed by atoms with E-state index in [1.165, 1.54) is 30.5 Å². The Balaban J connectivity index is 1.88. The predicted octanol–water partition coefficient (Wildman–Crippen LogP) is 4.61. The van der Waals surface area contributed by atoms with Crippen molar-refractivity contribution in [1.82, 2.24) is 4.90 Å². The number of halogens is 4. The van der Waals surface area contributed by atoms with Gasteiger partial charge >= 0.3 is 6.18 Å². The number of hydrogen-bond donors (Lipinski definition) is 3. The summed E-state index contributed by atoms with van der Waals surface area (Å²) in [6, 6.07) is 7.77. The van der Waals surface area contributed by atoms with Gasteiger partial charge in [-0.3, -0.25) is 4.79 Å². The summed E-state index contributed by atoms with van der Waals surface area (Å²) in [5, 5.41) is 8.09. The highest BCUT2D eigenvalue weighted by molar-refractivity contribution is 6.31. The molecular formula is C21H22F4N4O. The summed E-state index contributed by atoms with van der Waals surface area (Å²) in [6.45, 7) is 2.35. The minimum absolute atomic E-state index is 0.0125. The van der Waals surface area contributed by atoms with Crippen LogP contribution >= 0.6 is 0 Å². The summed E-state index contributed by atoms with van der Waals surface area (Å²) in [4.78, 5) is 14.0. The zero-order valence-corrected chi connectivity index (χ0v) is 16.7. The number of rotatable bonds is 6. The van der Waals surface area contributed by atoms with Crippen LogP contribution in [0.1, 0.15) is 18.1 Å². The Labute approximate surface area is 171 Å². The van der Waals surface area contributed by atoms with E-state index in [1.54, 1.807) is 13.0 Å². The fraction of sp³-hybridized carbons (Fsp3) is 0.286. The molecule has 3 N–H and O–H groups in total. The van der Waals surface area contributed by atoms with Crippen molar-refractivity contribution in [2.24, 2.45) is 0 Å². The van der Waals surface area contributed by atoms with Crippen LogP contribution in [0.25, 0.3) is 5.57 Å². The molecule has 0 fully saturated rings. The molecule has 0 aromatic heterocycles. The Morgan fingerprint density at radius 3 is 2.60 bits per heavy atom. The molecule has 2 aromatic carbocycles. The second-order valence-corrected chi connectivity index (χ2v) is 7.38. The number of hydrogen-bond acceptors (Lipinski definition) is 4. The average molecular weight is 422 g/mol. The number of carbonyl (C=O) groups is 1. The van der Waals surface area contributed by atoms with Crippen molar-refractivity contribution >= 4 is 28.5 Å². The van der Waals surface area contributed by atoms with Gasteiger partial charge in [-0.2, -0.15) is 13.2 Å². The van der Waals surface area contributed by atoms with Crippen LogP contribution in [0.15, 0.2) is 42.6 Å². The SMILES string of the molecule is CC(CN(C)C)Nc1ccc(N/C=C2/C(=O)Nc3cccc(F)c32)cc1C(F)(F)F. The molecule has 0 saturated heterocycles. The molecule has 1 aliphatic rings. The van der Waals surface area contributed by atoms with Crippen LogP contribution in [0, 0.1) is 5.82 Å². The highest BCUT2D eigenvalue weighted by Gasteiger charge is 2.34. The maximum Gasteiger partial charge on any atom is 0.418 e. The van der Waals surface area contributed by atoms with Crippen molar-refractivity contribution < 1.29 is 22.4 Å². The quantitative estimate of drug-likeness (QED) is 0.470. The first-order chi connectivity index (χ1) is 14.1. The second-order valence-electron chi connectivity index (χ2n) is 7.38. The number of amides is 1.